The maximum Gasteiger partial charge on any atom is 0.418 e. The van der Waals surface area contributed by atoms with Gasteiger partial charge in [-0.15, -0.1) is 5.10 Å². The molecule has 1 aliphatic heterocycles. The molecule has 1 aromatic heterocycles. The van der Waals surface area contributed by atoms with Crippen molar-refractivity contribution >= 4 is 29.0 Å². The summed E-state index contributed by atoms with van der Waals surface area (Å²) in [6, 6.07) is 14.6. The highest BCUT2D eigenvalue weighted by Crippen LogP contribution is 2.35. The van der Waals surface area contributed by atoms with Gasteiger partial charge in [-0.05, 0) is 49.2 Å². The van der Waals surface area contributed by atoms with E-state index in [1.807, 2.05) is 4.90 Å². The number of hydrogen-bond acceptors (Lipinski definition) is 4. The predicted molar refractivity (Wildman–Crippen MR) is 120 cm³/mol. The Hall–Kier alpha value is -3.33. The highest BCUT2D eigenvalue weighted by Gasteiger charge is 2.34. The number of piperidine rings is 1. The van der Waals surface area contributed by atoms with E-state index in [-0.39, 0.29) is 17.8 Å². The fourth-order valence-electron chi connectivity index (χ4n) is 3.84. The molecule has 0 spiro atoms. The van der Waals surface area contributed by atoms with E-state index in [9.17, 15) is 22.8 Å². The number of rotatable bonds is 4. The molecule has 33 heavy (non-hydrogen) atoms. The first-order chi connectivity index (χ1) is 15.7. The van der Waals surface area contributed by atoms with Gasteiger partial charge in [-0.25, -0.2) is 0 Å². The molecule has 1 saturated heterocycles. The number of benzene rings is 2. The molecule has 0 radical (unpaired) electrons. The van der Waals surface area contributed by atoms with Gasteiger partial charge in [0.05, 0.1) is 22.9 Å². The molecule has 1 amide bonds. The van der Waals surface area contributed by atoms with Crippen LogP contribution in [0.3, 0.4) is 0 Å². The standard InChI is InChI=1S/C23H20ClF3N4O2/c24-16-6-3-7-17(13-16)31-21(32)11-10-20(29-31)30-12-4-5-15(14-30)22(33)28-19-9-2-1-8-18(19)23(25,26)27/h1-3,6-11,13,15H,4-5,12,14H2,(H,28,33). The SMILES string of the molecule is O=C(Nc1ccccc1C(F)(F)F)C1CCCN(c2ccc(=O)n(-c3cccc(Cl)c3)n2)C1. The van der Waals surface area contributed by atoms with E-state index < -0.39 is 23.6 Å². The van der Waals surface area contributed by atoms with Crippen molar-refractivity contribution < 1.29 is 18.0 Å². The average Bonchev–Trinajstić information content (AvgIpc) is 2.79. The van der Waals surface area contributed by atoms with Crippen molar-refractivity contribution in [2.24, 2.45) is 5.92 Å². The second kappa shape index (κ2) is 9.27. The smallest absolute Gasteiger partial charge is 0.354 e. The van der Waals surface area contributed by atoms with Gasteiger partial charge in [-0.3, -0.25) is 9.59 Å². The molecular weight excluding hydrogens is 457 g/mol. The first-order valence-electron chi connectivity index (χ1n) is 10.3. The molecule has 1 fully saturated rings. The van der Waals surface area contributed by atoms with Crippen LogP contribution in [0.4, 0.5) is 24.7 Å². The molecular formula is C23H20ClF3N4O2. The van der Waals surface area contributed by atoms with Crippen molar-refractivity contribution in [3.63, 3.8) is 0 Å². The average molecular weight is 477 g/mol. The summed E-state index contributed by atoms with van der Waals surface area (Å²) in [7, 11) is 0. The first kappa shape index (κ1) is 22.8. The van der Waals surface area contributed by atoms with Crippen LogP contribution in [0.2, 0.25) is 5.02 Å². The molecule has 1 N–H and O–H groups in total. The summed E-state index contributed by atoms with van der Waals surface area (Å²) in [6.45, 7) is 0.866. The van der Waals surface area contributed by atoms with E-state index in [1.165, 1.54) is 28.9 Å². The monoisotopic (exact) mass is 476 g/mol. The molecule has 172 valence electrons. The van der Waals surface area contributed by atoms with Gasteiger partial charge in [0, 0.05) is 24.2 Å². The lowest BCUT2D eigenvalue weighted by molar-refractivity contribution is -0.137. The zero-order chi connectivity index (χ0) is 23.6. The Labute approximate surface area is 192 Å². The second-order valence-corrected chi connectivity index (χ2v) is 8.18. The molecule has 2 heterocycles. The number of anilines is 2. The Balaban J connectivity index is 1.53. The quantitative estimate of drug-likeness (QED) is 0.589. The van der Waals surface area contributed by atoms with Crippen LogP contribution >= 0.6 is 11.6 Å². The lowest BCUT2D eigenvalue weighted by atomic mass is 9.96. The Kier molecular flexibility index (Phi) is 6.42. The number of nitrogens with one attached hydrogen (secondary N) is 1. The number of amides is 1. The molecule has 4 rings (SSSR count). The van der Waals surface area contributed by atoms with Crippen LogP contribution < -0.4 is 15.8 Å². The fraction of sp³-hybridized carbons (Fsp3) is 0.261. The fourth-order valence-corrected chi connectivity index (χ4v) is 4.02. The van der Waals surface area contributed by atoms with Crippen molar-refractivity contribution in [3.05, 3.63) is 81.6 Å². The number of nitrogens with zero attached hydrogens (tertiary/aromatic N) is 3. The number of carbonyl (C=O) groups excluding carboxylic acids is 1. The van der Waals surface area contributed by atoms with Gasteiger partial charge in [0.25, 0.3) is 5.56 Å². The molecule has 10 heteroatoms. The molecule has 6 nitrogen and oxygen atoms in total. The largest absolute Gasteiger partial charge is 0.418 e. The maximum atomic E-state index is 13.3. The molecule has 1 aliphatic rings. The Morgan fingerprint density at radius 2 is 1.88 bits per heavy atom. The number of halogens is 4. The molecule has 1 unspecified atom stereocenters. The maximum absolute atomic E-state index is 13.3. The van der Waals surface area contributed by atoms with Crippen LogP contribution in [-0.4, -0.2) is 28.8 Å². The zero-order valence-electron chi connectivity index (χ0n) is 17.3. The first-order valence-corrected chi connectivity index (χ1v) is 10.7. The highest BCUT2D eigenvalue weighted by molar-refractivity contribution is 6.30. The van der Waals surface area contributed by atoms with Crippen molar-refractivity contribution in [3.8, 4) is 5.69 Å². The topological polar surface area (TPSA) is 67.2 Å². The second-order valence-electron chi connectivity index (χ2n) is 7.74. The molecule has 3 aromatic rings. The van der Waals surface area contributed by atoms with Gasteiger partial charge in [-0.1, -0.05) is 29.8 Å². The van der Waals surface area contributed by atoms with E-state index in [4.69, 9.17) is 11.6 Å². The van der Waals surface area contributed by atoms with E-state index in [2.05, 4.69) is 10.4 Å². The van der Waals surface area contributed by atoms with Crippen LogP contribution in [0.5, 0.6) is 0 Å². The molecule has 0 saturated carbocycles. The summed E-state index contributed by atoms with van der Waals surface area (Å²) in [5.74, 6) is -0.532. The van der Waals surface area contributed by atoms with Gasteiger partial charge >= 0.3 is 6.18 Å². The van der Waals surface area contributed by atoms with Crippen LogP contribution in [-0.2, 0) is 11.0 Å². The zero-order valence-corrected chi connectivity index (χ0v) is 18.1. The van der Waals surface area contributed by atoms with Crippen LogP contribution in [0.25, 0.3) is 5.69 Å². The normalized spacial score (nSPS) is 16.5. The van der Waals surface area contributed by atoms with Gasteiger partial charge in [0.15, 0.2) is 0 Å². The summed E-state index contributed by atoms with van der Waals surface area (Å²) in [6.07, 6.45) is -3.39. The van der Waals surface area contributed by atoms with E-state index in [0.717, 1.165) is 6.07 Å². The van der Waals surface area contributed by atoms with Gasteiger partial charge < -0.3 is 10.2 Å². The van der Waals surface area contributed by atoms with Crippen LogP contribution in [0, 0.1) is 5.92 Å². The Morgan fingerprint density at radius 1 is 1.09 bits per heavy atom. The van der Waals surface area contributed by atoms with Gasteiger partial charge in [0.1, 0.15) is 5.82 Å². The van der Waals surface area contributed by atoms with Crippen LogP contribution in [0.15, 0.2) is 65.5 Å². The highest BCUT2D eigenvalue weighted by atomic mass is 35.5. The molecule has 0 bridgehead atoms. The van der Waals surface area contributed by atoms with Crippen molar-refractivity contribution in [1.29, 1.82) is 0 Å². The van der Waals surface area contributed by atoms with Crippen LogP contribution in [0.1, 0.15) is 18.4 Å². The number of alkyl halides is 3. The number of aromatic nitrogens is 2. The summed E-state index contributed by atoms with van der Waals surface area (Å²) in [4.78, 5) is 27.0. The minimum Gasteiger partial charge on any atom is -0.354 e. The van der Waals surface area contributed by atoms with E-state index >= 15 is 0 Å². The lowest BCUT2D eigenvalue weighted by Gasteiger charge is -2.33. The molecule has 0 aliphatic carbocycles. The predicted octanol–water partition coefficient (Wildman–Crippen LogP) is 4.76. The number of para-hydroxylation sites is 1. The summed E-state index contributed by atoms with van der Waals surface area (Å²) < 4.78 is 41.0. The Bertz CT molecular complexity index is 1230. The third kappa shape index (κ3) is 5.19. The van der Waals surface area contributed by atoms with Crippen molar-refractivity contribution in [2.45, 2.75) is 19.0 Å². The minimum absolute atomic E-state index is 0.264. The van der Waals surface area contributed by atoms with Gasteiger partial charge in [-0.2, -0.15) is 17.9 Å². The number of hydrogen-bond donors (Lipinski definition) is 1. The van der Waals surface area contributed by atoms with Gasteiger partial charge in [0.2, 0.25) is 5.91 Å². The van der Waals surface area contributed by atoms with Crippen molar-refractivity contribution in [2.75, 3.05) is 23.3 Å². The van der Waals surface area contributed by atoms with E-state index in [0.29, 0.717) is 35.9 Å². The molecule has 2 aromatic carbocycles. The third-order valence-corrected chi connectivity index (χ3v) is 5.68. The Morgan fingerprint density at radius 3 is 2.64 bits per heavy atom. The number of carbonyl (C=O) groups is 1. The third-order valence-electron chi connectivity index (χ3n) is 5.45. The summed E-state index contributed by atoms with van der Waals surface area (Å²) in [5, 5.41) is 7.32. The summed E-state index contributed by atoms with van der Waals surface area (Å²) in [5.41, 5.74) is -0.985. The van der Waals surface area contributed by atoms with E-state index in [1.54, 1.807) is 30.3 Å². The minimum atomic E-state index is -4.57. The summed E-state index contributed by atoms with van der Waals surface area (Å²) >= 11 is 6.03. The van der Waals surface area contributed by atoms with Crippen molar-refractivity contribution in [1.82, 2.24) is 9.78 Å². The lowest BCUT2D eigenvalue weighted by Crippen LogP contribution is -2.42. The molecule has 1 atom stereocenters.